The monoisotopic (exact) mass is 371 g/mol. The predicted octanol–water partition coefficient (Wildman–Crippen LogP) is 3.19. The van der Waals surface area contributed by atoms with Crippen LogP contribution in [0.2, 0.25) is 0 Å². The van der Waals surface area contributed by atoms with E-state index in [-0.39, 0.29) is 6.61 Å². The summed E-state index contributed by atoms with van der Waals surface area (Å²) in [5, 5.41) is 11.8. The molecular weight excluding hydrogens is 346 g/mol. The molecule has 0 aliphatic carbocycles. The van der Waals surface area contributed by atoms with E-state index in [1.54, 1.807) is 6.92 Å². The summed E-state index contributed by atoms with van der Waals surface area (Å²) in [5.41, 5.74) is 2.88. The summed E-state index contributed by atoms with van der Waals surface area (Å²) in [7, 11) is 0. The Morgan fingerprint density at radius 3 is 2.30 bits per heavy atom. The van der Waals surface area contributed by atoms with Crippen LogP contribution in [0.1, 0.15) is 23.6 Å². The summed E-state index contributed by atoms with van der Waals surface area (Å²) < 4.78 is 10.4. The van der Waals surface area contributed by atoms with Crippen LogP contribution in [0.4, 0.5) is 4.79 Å². The molecule has 0 saturated heterocycles. The van der Waals surface area contributed by atoms with Crippen molar-refractivity contribution in [3.8, 4) is 0 Å². The molecule has 6 heteroatoms. The van der Waals surface area contributed by atoms with E-state index >= 15 is 0 Å². The van der Waals surface area contributed by atoms with Gasteiger partial charge in [0.05, 0.1) is 0 Å². The molecule has 2 aromatic rings. The van der Waals surface area contributed by atoms with E-state index in [1.165, 1.54) is 0 Å². The molecule has 0 bridgehead atoms. The van der Waals surface area contributed by atoms with Gasteiger partial charge in [-0.05, 0) is 30.0 Å². The molecule has 1 amide bonds. The SMILES string of the molecule is CCO[C@@H](Cc1ccc(CCNC(=O)OCc2ccccc2)cc1)C(=O)O. The lowest BCUT2D eigenvalue weighted by molar-refractivity contribution is -0.149. The second-order valence-corrected chi connectivity index (χ2v) is 6.04. The number of benzene rings is 2. The van der Waals surface area contributed by atoms with Crippen molar-refractivity contribution in [2.75, 3.05) is 13.2 Å². The maximum Gasteiger partial charge on any atom is 0.407 e. The van der Waals surface area contributed by atoms with Crippen LogP contribution in [0, 0.1) is 0 Å². The zero-order valence-corrected chi connectivity index (χ0v) is 15.4. The second kappa shape index (κ2) is 11.0. The summed E-state index contributed by atoms with van der Waals surface area (Å²) in [6, 6.07) is 17.1. The molecule has 0 unspecified atom stereocenters. The van der Waals surface area contributed by atoms with Crippen LogP contribution < -0.4 is 5.32 Å². The molecule has 0 spiro atoms. The number of hydrogen-bond donors (Lipinski definition) is 2. The lowest BCUT2D eigenvalue weighted by Gasteiger charge is -2.12. The summed E-state index contributed by atoms with van der Waals surface area (Å²) in [4.78, 5) is 22.8. The van der Waals surface area contributed by atoms with Gasteiger partial charge >= 0.3 is 12.1 Å². The molecule has 2 aromatic carbocycles. The summed E-state index contributed by atoms with van der Waals surface area (Å²) >= 11 is 0. The number of ether oxygens (including phenoxy) is 2. The van der Waals surface area contributed by atoms with E-state index in [0.717, 1.165) is 16.7 Å². The maximum absolute atomic E-state index is 11.7. The van der Waals surface area contributed by atoms with Gasteiger partial charge in [-0.15, -0.1) is 0 Å². The number of amides is 1. The molecule has 0 heterocycles. The first-order valence-corrected chi connectivity index (χ1v) is 8.95. The summed E-state index contributed by atoms with van der Waals surface area (Å²) in [6.45, 7) is 2.84. The van der Waals surface area contributed by atoms with Crippen molar-refractivity contribution in [3.63, 3.8) is 0 Å². The van der Waals surface area contributed by atoms with E-state index < -0.39 is 18.2 Å². The highest BCUT2D eigenvalue weighted by Crippen LogP contribution is 2.10. The molecule has 1 atom stereocenters. The highest BCUT2D eigenvalue weighted by Gasteiger charge is 2.17. The van der Waals surface area contributed by atoms with E-state index in [1.807, 2.05) is 54.6 Å². The predicted molar refractivity (Wildman–Crippen MR) is 102 cm³/mol. The number of carboxylic acids is 1. The largest absolute Gasteiger partial charge is 0.479 e. The van der Waals surface area contributed by atoms with Gasteiger partial charge in [-0.1, -0.05) is 54.6 Å². The number of aliphatic carboxylic acids is 1. The fourth-order valence-electron chi connectivity index (χ4n) is 2.56. The third kappa shape index (κ3) is 7.50. The first-order valence-electron chi connectivity index (χ1n) is 8.95. The van der Waals surface area contributed by atoms with Gasteiger partial charge in [0, 0.05) is 19.6 Å². The van der Waals surface area contributed by atoms with Gasteiger partial charge in [0.2, 0.25) is 0 Å². The van der Waals surface area contributed by atoms with Crippen molar-refractivity contribution in [2.45, 2.75) is 32.5 Å². The lowest BCUT2D eigenvalue weighted by Crippen LogP contribution is -2.26. The van der Waals surface area contributed by atoms with Gasteiger partial charge in [0.1, 0.15) is 6.61 Å². The van der Waals surface area contributed by atoms with E-state index in [0.29, 0.717) is 26.0 Å². The second-order valence-electron chi connectivity index (χ2n) is 6.04. The average Bonchev–Trinajstić information content (AvgIpc) is 2.68. The first kappa shape index (κ1) is 20.5. The van der Waals surface area contributed by atoms with Crippen LogP contribution in [0.3, 0.4) is 0 Å². The number of hydrogen-bond acceptors (Lipinski definition) is 4. The molecule has 27 heavy (non-hydrogen) atoms. The number of carbonyl (C=O) groups is 2. The zero-order chi connectivity index (χ0) is 19.5. The van der Waals surface area contributed by atoms with Crippen LogP contribution in [0.15, 0.2) is 54.6 Å². The maximum atomic E-state index is 11.7. The molecule has 0 aliphatic rings. The molecule has 0 fully saturated rings. The number of carboxylic acid groups (broad SMARTS) is 1. The Balaban J connectivity index is 1.71. The Kier molecular flexibility index (Phi) is 8.32. The normalized spacial score (nSPS) is 11.6. The van der Waals surface area contributed by atoms with Gasteiger partial charge in [0.15, 0.2) is 6.10 Å². The molecule has 0 aliphatic heterocycles. The minimum Gasteiger partial charge on any atom is -0.479 e. The highest BCUT2D eigenvalue weighted by atomic mass is 16.5. The fraction of sp³-hybridized carbons (Fsp3) is 0.333. The molecule has 2 N–H and O–H groups in total. The van der Waals surface area contributed by atoms with Crippen molar-refractivity contribution in [1.82, 2.24) is 5.32 Å². The third-order valence-electron chi connectivity index (χ3n) is 3.98. The first-order chi connectivity index (χ1) is 13.1. The van der Waals surface area contributed by atoms with E-state index in [2.05, 4.69) is 5.32 Å². The Labute approximate surface area is 159 Å². The quantitative estimate of drug-likeness (QED) is 0.670. The Bertz CT molecular complexity index is 715. The molecule has 144 valence electrons. The van der Waals surface area contributed by atoms with Gasteiger partial charge in [-0.25, -0.2) is 9.59 Å². The van der Waals surface area contributed by atoms with Crippen molar-refractivity contribution in [2.24, 2.45) is 0 Å². The van der Waals surface area contributed by atoms with Gasteiger partial charge in [-0.3, -0.25) is 0 Å². The Morgan fingerprint density at radius 1 is 1.00 bits per heavy atom. The minimum absolute atomic E-state index is 0.242. The number of carbonyl (C=O) groups excluding carboxylic acids is 1. The van der Waals surface area contributed by atoms with Crippen molar-refractivity contribution in [3.05, 3.63) is 71.3 Å². The molecule has 2 rings (SSSR count). The van der Waals surface area contributed by atoms with Crippen LogP contribution in [-0.4, -0.2) is 36.4 Å². The highest BCUT2D eigenvalue weighted by molar-refractivity contribution is 5.72. The lowest BCUT2D eigenvalue weighted by atomic mass is 10.0. The Hall–Kier alpha value is -2.86. The van der Waals surface area contributed by atoms with E-state index in [9.17, 15) is 9.59 Å². The number of nitrogens with one attached hydrogen (secondary N) is 1. The van der Waals surface area contributed by atoms with Gasteiger partial charge < -0.3 is 19.9 Å². The van der Waals surface area contributed by atoms with E-state index in [4.69, 9.17) is 14.6 Å². The van der Waals surface area contributed by atoms with Crippen LogP contribution >= 0.6 is 0 Å². The molecule has 0 radical (unpaired) electrons. The molecule has 0 saturated carbocycles. The van der Waals surface area contributed by atoms with Crippen LogP contribution in [-0.2, 0) is 33.7 Å². The third-order valence-corrected chi connectivity index (χ3v) is 3.98. The smallest absolute Gasteiger partial charge is 0.407 e. The summed E-state index contributed by atoms with van der Waals surface area (Å²) in [6.07, 6.45) is -0.291. The average molecular weight is 371 g/mol. The minimum atomic E-state index is -0.959. The zero-order valence-electron chi connectivity index (χ0n) is 15.4. The topological polar surface area (TPSA) is 84.9 Å². The van der Waals surface area contributed by atoms with Crippen molar-refractivity contribution < 1.29 is 24.2 Å². The van der Waals surface area contributed by atoms with Crippen LogP contribution in [0.25, 0.3) is 0 Å². The molecule has 6 nitrogen and oxygen atoms in total. The van der Waals surface area contributed by atoms with Crippen molar-refractivity contribution in [1.29, 1.82) is 0 Å². The van der Waals surface area contributed by atoms with Crippen LogP contribution in [0.5, 0.6) is 0 Å². The standard InChI is InChI=1S/C21H25NO5/c1-2-26-19(20(23)24)14-17-10-8-16(9-11-17)12-13-22-21(25)27-15-18-6-4-3-5-7-18/h3-11,19H,2,12-15H2,1H3,(H,22,25)(H,23,24)/t19-/m0/s1. The fourth-order valence-corrected chi connectivity index (χ4v) is 2.56. The number of alkyl carbamates (subject to hydrolysis) is 1. The number of rotatable bonds is 10. The molecular formula is C21H25NO5. The summed E-state index contributed by atoms with van der Waals surface area (Å²) in [5.74, 6) is -0.959. The Morgan fingerprint density at radius 2 is 1.67 bits per heavy atom. The van der Waals surface area contributed by atoms with Gasteiger partial charge in [0.25, 0.3) is 0 Å². The molecule has 0 aromatic heterocycles. The van der Waals surface area contributed by atoms with Crippen molar-refractivity contribution >= 4 is 12.1 Å². The van der Waals surface area contributed by atoms with Gasteiger partial charge in [-0.2, -0.15) is 0 Å².